The van der Waals surface area contributed by atoms with Crippen molar-refractivity contribution in [3.8, 4) is 0 Å². The summed E-state index contributed by atoms with van der Waals surface area (Å²) in [6.07, 6.45) is 0. The van der Waals surface area contributed by atoms with Gasteiger partial charge in [-0.05, 0) is 69.4 Å². The van der Waals surface area contributed by atoms with Crippen molar-refractivity contribution in [3.05, 3.63) is 0 Å². The molecule has 0 aromatic carbocycles. The Morgan fingerprint density at radius 2 is 0.311 bits per heavy atom. The molecule has 0 radical (unpaired) electrons. The third-order valence-electron chi connectivity index (χ3n) is 4.91. The smallest absolute Gasteiger partial charge is 0.182 e. The molecule has 0 heterocycles. The van der Waals surface area contributed by atoms with Crippen LogP contribution < -0.4 is 0 Å². The van der Waals surface area contributed by atoms with E-state index in [1.807, 2.05) is 52.4 Å². The summed E-state index contributed by atoms with van der Waals surface area (Å²) in [5.41, 5.74) is 6.07. The predicted octanol–water partition coefficient (Wildman–Crippen LogP) is 11.4. The second-order valence-corrected chi connectivity index (χ2v) is 75.8. The lowest BCUT2D eigenvalue weighted by Gasteiger charge is -2.25. The highest BCUT2D eigenvalue weighted by molar-refractivity contribution is 6.95. The van der Waals surface area contributed by atoms with E-state index in [1.165, 1.54) is 0 Å². The summed E-state index contributed by atoms with van der Waals surface area (Å²) >= 11 is 0. The molecule has 14 heteroatoms. The lowest BCUT2D eigenvalue weighted by Crippen LogP contribution is -2.39. The summed E-state index contributed by atoms with van der Waals surface area (Å²) in [4.78, 5) is 37.8. The molecule has 0 aromatic heterocycles. The van der Waals surface area contributed by atoms with E-state index < -0.39 is 81.7 Å². The molecule has 0 fully saturated rings. The van der Waals surface area contributed by atoms with Crippen LogP contribution in [-0.2, 0) is 0 Å². The Balaban J connectivity index is -0.000000148. The first-order chi connectivity index (χ1) is 18.5. The van der Waals surface area contributed by atoms with E-state index in [-0.39, 0.29) is 0 Å². The van der Waals surface area contributed by atoms with E-state index in [2.05, 4.69) is 118 Å². The minimum absolute atomic E-state index is 0.681. The first-order valence-electron chi connectivity index (χ1n) is 17.4. The van der Waals surface area contributed by atoms with Crippen molar-refractivity contribution in [3.63, 3.8) is 0 Å². The fourth-order valence-corrected chi connectivity index (χ4v) is 61.5. The summed E-state index contributed by atoms with van der Waals surface area (Å²) < 4.78 is 0. The molecule has 4 nitrogen and oxygen atoms in total. The molecule has 0 aliphatic heterocycles. The SMILES string of the molecule is C[Si](C)(C)C[Si](C)(C)C.C[Si](C)(C)C[Si](C)(C)C.C[Si](C)(C)C[Si](C)(C)O.C[Si](C)(C)C[Si](C)(C)O.C[Si](C)(O)C[Si](C)(C)O. The molecule has 4 N–H and O–H groups in total. The van der Waals surface area contributed by atoms with Crippen LogP contribution in [0.15, 0.2) is 0 Å². The van der Waals surface area contributed by atoms with E-state index in [1.54, 1.807) is 11.3 Å². The molecule has 0 bridgehead atoms. The molecular formula is C31H92O4Si10. The van der Waals surface area contributed by atoms with Gasteiger partial charge in [0.2, 0.25) is 0 Å². The molecular weight excluding hydrogens is 717 g/mol. The van der Waals surface area contributed by atoms with Crippen LogP contribution in [-0.4, -0.2) is 101 Å². The van der Waals surface area contributed by atoms with Crippen LogP contribution in [0.4, 0.5) is 0 Å². The third-order valence-corrected chi connectivity index (χ3v) is 44.2. The van der Waals surface area contributed by atoms with Gasteiger partial charge in [0.1, 0.15) is 0 Å². The topological polar surface area (TPSA) is 80.9 Å². The lowest BCUT2D eigenvalue weighted by atomic mass is 11.7. The quantitative estimate of drug-likeness (QED) is 0.166. The van der Waals surface area contributed by atoms with Crippen LogP contribution >= 0.6 is 0 Å². The molecule has 0 aliphatic rings. The van der Waals surface area contributed by atoms with Gasteiger partial charge >= 0.3 is 0 Å². The van der Waals surface area contributed by atoms with Gasteiger partial charge in [-0.15, -0.1) is 0 Å². The van der Waals surface area contributed by atoms with Crippen LogP contribution in [0.1, 0.15) is 0 Å². The molecule has 0 unspecified atom stereocenters. The largest absolute Gasteiger partial charge is 0.433 e. The van der Waals surface area contributed by atoms with Crippen LogP contribution in [0, 0.1) is 0 Å². The number of hydrogen-bond donors (Lipinski definition) is 4. The molecule has 45 heavy (non-hydrogen) atoms. The van der Waals surface area contributed by atoms with Gasteiger partial charge in [0, 0.05) is 48.4 Å². The summed E-state index contributed by atoms with van der Waals surface area (Å²) in [5, 5.41) is 0. The van der Waals surface area contributed by atoms with Crippen LogP contribution in [0.3, 0.4) is 0 Å². The molecule has 0 saturated heterocycles. The Morgan fingerprint density at radius 1 is 0.200 bits per heavy atom. The van der Waals surface area contributed by atoms with Crippen molar-refractivity contribution in [1.82, 2.24) is 0 Å². The zero-order valence-electron chi connectivity index (χ0n) is 36.3. The molecule has 0 saturated carbocycles. The minimum Gasteiger partial charge on any atom is -0.433 e. The average Bonchev–Trinajstić information content (AvgIpc) is 2.36. The zero-order chi connectivity index (χ0) is 38.5. The van der Waals surface area contributed by atoms with Crippen LogP contribution in [0.2, 0.25) is 199 Å². The standard InChI is InChI=1S/2C7H20Si2.2C6H18OSi2.C5H16O2Si2/c2*1-8(2,3)7-9(4,5)6;2*1-8(2,3)6-9(4,5)7;1-8(2,6)5-9(3,4)7/h2*7H2,1-6H3;2*7H,6H2,1-5H3;6-7H,5H2,1-4H3. The third kappa shape index (κ3) is 87.0. The Bertz CT molecular complexity index is 529. The van der Waals surface area contributed by atoms with Crippen LogP contribution in [0.25, 0.3) is 0 Å². The van der Waals surface area contributed by atoms with Gasteiger partial charge in [0.05, 0.1) is 0 Å². The van der Waals surface area contributed by atoms with E-state index >= 15 is 0 Å². The van der Waals surface area contributed by atoms with Crippen molar-refractivity contribution in [2.75, 3.05) is 0 Å². The molecule has 0 atom stereocenters. The number of hydrogen-bond acceptors (Lipinski definition) is 4. The van der Waals surface area contributed by atoms with Gasteiger partial charge in [-0.1, -0.05) is 129 Å². The molecule has 0 rings (SSSR count). The monoisotopic (exact) mass is 808 g/mol. The van der Waals surface area contributed by atoms with E-state index in [0.29, 0.717) is 5.67 Å². The normalized spacial score (nSPS) is 14.0. The Kier molecular flexibility index (Phi) is 26.0. The van der Waals surface area contributed by atoms with Crippen LogP contribution in [0.5, 0.6) is 0 Å². The highest BCUT2D eigenvalue weighted by atomic mass is 28.4. The highest BCUT2D eigenvalue weighted by Crippen LogP contribution is 2.20. The van der Waals surface area contributed by atoms with E-state index in [4.69, 9.17) is 0 Å². The zero-order valence-corrected chi connectivity index (χ0v) is 46.3. The van der Waals surface area contributed by atoms with Gasteiger partial charge < -0.3 is 19.2 Å². The average molecular weight is 810 g/mol. The second kappa shape index (κ2) is 20.8. The van der Waals surface area contributed by atoms with Crippen molar-refractivity contribution in [2.45, 2.75) is 199 Å². The minimum atomic E-state index is -1.98. The number of rotatable bonds is 10. The fourth-order valence-electron chi connectivity index (χ4n) is 6.84. The van der Waals surface area contributed by atoms with Gasteiger partial charge in [0.25, 0.3) is 0 Å². The Morgan fingerprint density at radius 3 is 0.311 bits per heavy atom. The van der Waals surface area contributed by atoms with Gasteiger partial charge in [0.15, 0.2) is 33.3 Å². The molecule has 280 valence electrons. The Hall–Kier alpha value is 2.01. The van der Waals surface area contributed by atoms with E-state index in [9.17, 15) is 19.2 Å². The maximum Gasteiger partial charge on any atom is 0.182 e. The first kappa shape index (κ1) is 56.4. The second-order valence-electron chi connectivity index (χ2n) is 23.5. The van der Waals surface area contributed by atoms with Crippen molar-refractivity contribution >= 4 is 81.7 Å². The summed E-state index contributed by atoms with van der Waals surface area (Å²) in [7, 11) is -12.3. The predicted molar refractivity (Wildman–Crippen MR) is 243 cm³/mol. The lowest BCUT2D eigenvalue weighted by molar-refractivity contribution is 0.530. The fraction of sp³-hybridized carbons (Fsp3) is 1.00. The van der Waals surface area contributed by atoms with Crippen molar-refractivity contribution < 1.29 is 19.2 Å². The van der Waals surface area contributed by atoms with Gasteiger partial charge in [-0.2, -0.15) is 0 Å². The summed E-state index contributed by atoms with van der Waals surface area (Å²) in [6.45, 7) is 58.9. The van der Waals surface area contributed by atoms with E-state index in [0.717, 1.165) is 11.3 Å². The Labute approximate surface area is 297 Å². The van der Waals surface area contributed by atoms with Gasteiger partial charge in [-0.25, -0.2) is 0 Å². The molecule has 0 amide bonds. The van der Waals surface area contributed by atoms with Crippen molar-refractivity contribution in [2.24, 2.45) is 0 Å². The highest BCUT2D eigenvalue weighted by Gasteiger charge is 2.29. The summed E-state index contributed by atoms with van der Waals surface area (Å²) in [5.74, 6) is 0. The molecule has 0 aromatic rings. The van der Waals surface area contributed by atoms with Gasteiger partial charge in [-0.3, -0.25) is 0 Å². The molecule has 0 spiro atoms. The molecule has 0 aliphatic carbocycles. The maximum absolute atomic E-state index is 9.53. The summed E-state index contributed by atoms with van der Waals surface area (Å²) in [6, 6.07) is 0. The first-order valence-corrected chi connectivity index (χ1v) is 52.3. The maximum atomic E-state index is 9.53. The van der Waals surface area contributed by atoms with Crippen molar-refractivity contribution in [1.29, 1.82) is 0 Å².